The van der Waals surface area contributed by atoms with Gasteiger partial charge in [-0.15, -0.1) is 11.3 Å². The van der Waals surface area contributed by atoms with Gasteiger partial charge in [0, 0.05) is 18.4 Å². The Labute approximate surface area is 270 Å². The van der Waals surface area contributed by atoms with Crippen molar-refractivity contribution in [1.82, 2.24) is 19.8 Å². The minimum Gasteiger partial charge on any atom is -0.377 e. The summed E-state index contributed by atoms with van der Waals surface area (Å²) in [4.78, 5) is 23.6. The van der Waals surface area contributed by atoms with Crippen molar-refractivity contribution in [3.8, 4) is 10.6 Å². The number of benzene rings is 1. The fourth-order valence-corrected chi connectivity index (χ4v) is 9.02. The number of hydrogen-bond acceptors (Lipinski definition) is 9. The van der Waals surface area contributed by atoms with Crippen LogP contribution in [0.1, 0.15) is 52.0 Å². The number of nitrogens with zero attached hydrogens (tertiary/aromatic N) is 4. The highest BCUT2D eigenvalue weighted by Crippen LogP contribution is 2.43. The van der Waals surface area contributed by atoms with Gasteiger partial charge in [-0.05, 0) is 61.5 Å². The van der Waals surface area contributed by atoms with E-state index in [-0.39, 0.29) is 58.1 Å². The maximum absolute atomic E-state index is 14.2. The van der Waals surface area contributed by atoms with E-state index in [0.29, 0.717) is 55.6 Å². The van der Waals surface area contributed by atoms with Gasteiger partial charge in [0.1, 0.15) is 10.4 Å². The summed E-state index contributed by atoms with van der Waals surface area (Å²) in [6, 6.07) is 6.29. The van der Waals surface area contributed by atoms with E-state index >= 15 is 0 Å². The van der Waals surface area contributed by atoms with Gasteiger partial charge < -0.3 is 15.0 Å². The summed E-state index contributed by atoms with van der Waals surface area (Å²) in [7, 11) is -3.98. The molecule has 1 aromatic carbocycles. The van der Waals surface area contributed by atoms with E-state index < -0.39 is 45.9 Å². The van der Waals surface area contributed by atoms with Crippen molar-refractivity contribution < 1.29 is 44.3 Å². The number of fused-ring (bicyclic) bond motifs is 1. The summed E-state index contributed by atoms with van der Waals surface area (Å²) < 4.78 is 112. The quantitative estimate of drug-likeness (QED) is 0.304. The maximum atomic E-state index is 14.2. The van der Waals surface area contributed by atoms with Crippen molar-refractivity contribution in [2.75, 3.05) is 50.5 Å². The van der Waals surface area contributed by atoms with Crippen LogP contribution in [0.5, 0.6) is 0 Å². The van der Waals surface area contributed by atoms with Crippen LogP contribution in [0.3, 0.4) is 0 Å². The topological polar surface area (TPSA) is 105 Å². The van der Waals surface area contributed by atoms with E-state index in [0.717, 1.165) is 17.2 Å². The number of halogens is 6. The van der Waals surface area contributed by atoms with Gasteiger partial charge in [0.15, 0.2) is 9.84 Å². The summed E-state index contributed by atoms with van der Waals surface area (Å²) in [5.74, 6) is -1.05. The summed E-state index contributed by atoms with van der Waals surface area (Å²) >= 11 is 0.647. The third kappa shape index (κ3) is 7.12. The van der Waals surface area contributed by atoms with Crippen LogP contribution in [0.25, 0.3) is 10.6 Å². The fraction of sp³-hybridized carbons (Fsp3) is 0.500. The number of hydrogen-bond donors (Lipinski definition) is 1. The van der Waals surface area contributed by atoms with E-state index in [1.807, 2.05) is 19.1 Å². The summed E-state index contributed by atoms with van der Waals surface area (Å²) in [5.41, 5.74) is 0.562. The van der Waals surface area contributed by atoms with Crippen molar-refractivity contribution in [1.29, 1.82) is 0 Å². The van der Waals surface area contributed by atoms with Gasteiger partial charge >= 0.3 is 12.4 Å². The summed E-state index contributed by atoms with van der Waals surface area (Å²) in [6.45, 7) is 2.05. The molecule has 1 N–H and O–H groups in total. The molecule has 0 atom stereocenters. The molecule has 47 heavy (non-hydrogen) atoms. The van der Waals surface area contributed by atoms with Gasteiger partial charge in [-0.2, -0.15) is 26.3 Å². The Bertz CT molecular complexity index is 1770. The second-order valence-electron chi connectivity index (χ2n) is 11.8. The van der Waals surface area contributed by atoms with Gasteiger partial charge in [0.05, 0.1) is 47.0 Å². The van der Waals surface area contributed by atoms with Crippen LogP contribution in [-0.2, 0) is 27.2 Å². The van der Waals surface area contributed by atoms with Crippen LogP contribution in [0.2, 0.25) is 0 Å². The van der Waals surface area contributed by atoms with Crippen LogP contribution >= 0.6 is 11.3 Å². The Morgan fingerprint density at radius 2 is 1.79 bits per heavy atom. The second kappa shape index (κ2) is 12.6. The average Bonchev–Trinajstić information content (AvgIpc) is 3.41. The first-order valence-electron chi connectivity index (χ1n) is 15.0. The van der Waals surface area contributed by atoms with Gasteiger partial charge in [-0.3, -0.25) is 9.69 Å². The maximum Gasteiger partial charge on any atom is 0.420 e. The van der Waals surface area contributed by atoms with Crippen molar-refractivity contribution in [2.24, 2.45) is 0 Å². The number of piperidine rings is 1. The SMILES string of the molecule is CCc1cc(C2CCN(CC(F)(F)F)CC2)ccc1Nc1ncc(C(F)(F)F)c(-c2cc3c(s2)C(=O)N(C2COC2)CCS3(=O)=O)n1. The lowest BCUT2D eigenvalue weighted by atomic mass is 9.88. The monoisotopic (exact) mass is 703 g/mol. The number of thiophene rings is 1. The molecule has 2 saturated heterocycles. The molecule has 0 radical (unpaired) electrons. The zero-order valence-corrected chi connectivity index (χ0v) is 26.8. The fourth-order valence-electron chi connectivity index (χ4n) is 6.10. The largest absolute Gasteiger partial charge is 0.420 e. The smallest absolute Gasteiger partial charge is 0.377 e. The molecule has 0 bridgehead atoms. The number of amides is 1. The Balaban J connectivity index is 1.29. The lowest BCUT2D eigenvalue weighted by molar-refractivity contribution is -0.148. The molecule has 3 aliphatic rings. The third-order valence-corrected chi connectivity index (χ3v) is 11.7. The number of aromatic nitrogens is 2. The lowest BCUT2D eigenvalue weighted by Crippen LogP contribution is -2.52. The average molecular weight is 704 g/mol. The zero-order chi connectivity index (χ0) is 33.7. The standard InChI is InChI=1S/C30H31F6N5O4S2/c1-2-17-11-19(18-5-7-40(8-6-18)16-29(31,32)33)3-4-22(17)38-28-37-13-21(30(34,35)36)25(39-28)23-12-24-26(46-23)27(42)41(20-14-45-15-20)9-10-47(24,43)44/h3-4,11-13,18,20H,2,5-10,14-16H2,1H3,(H,37,38,39). The van der Waals surface area contributed by atoms with Crippen LogP contribution in [0.4, 0.5) is 38.0 Å². The molecule has 0 saturated carbocycles. The van der Waals surface area contributed by atoms with Gasteiger partial charge in [0.25, 0.3) is 5.91 Å². The predicted octanol–water partition coefficient (Wildman–Crippen LogP) is 5.90. The van der Waals surface area contributed by atoms with E-state index in [2.05, 4.69) is 15.3 Å². The zero-order valence-electron chi connectivity index (χ0n) is 25.1. The van der Waals surface area contributed by atoms with E-state index in [1.54, 1.807) is 6.07 Å². The predicted molar refractivity (Wildman–Crippen MR) is 162 cm³/mol. The molecule has 2 aromatic heterocycles. The Morgan fingerprint density at radius 3 is 2.40 bits per heavy atom. The van der Waals surface area contributed by atoms with Crippen molar-refractivity contribution in [3.05, 3.63) is 52.0 Å². The van der Waals surface area contributed by atoms with Crippen molar-refractivity contribution in [3.63, 3.8) is 0 Å². The first-order chi connectivity index (χ1) is 22.1. The normalized spacial score (nSPS) is 19.7. The van der Waals surface area contributed by atoms with Crippen LogP contribution in [-0.4, -0.2) is 91.5 Å². The molecule has 254 valence electrons. The number of aryl methyl sites for hydroxylation is 1. The van der Waals surface area contributed by atoms with E-state index in [9.17, 15) is 39.6 Å². The molecule has 6 rings (SSSR count). The molecular weight excluding hydrogens is 672 g/mol. The molecule has 2 fully saturated rings. The Morgan fingerprint density at radius 1 is 1.06 bits per heavy atom. The van der Waals surface area contributed by atoms with Crippen molar-refractivity contribution in [2.45, 2.75) is 55.4 Å². The Kier molecular flexibility index (Phi) is 9.04. The number of nitrogens with one attached hydrogen (secondary N) is 1. The molecule has 1 amide bonds. The van der Waals surface area contributed by atoms with Gasteiger partial charge in [0.2, 0.25) is 5.95 Å². The molecule has 17 heteroatoms. The summed E-state index contributed by atoms with van der Waals surface area (Å²) in [5, 5.41) is 2.98. The number of carbonyl (C=O) groups is 1. The van der Waals surface area contributed by atoms with Crippen LogP contribution in [0.15, 0.2) is 35.4 Å². The molecule has 0 spiro atoms. The molecule has 0 aliphatic carbocycles. The second-order valence-corrected chi connectivity index (χ2v) is 15.0. The number of ether oxygens (including phenoxy) is 1. The van der Waals surface area contributed by atoms with E-state index in [4.69, 9.17) is 4.74 Å². The van der Waals surface area contributed by atoms with Crippen molar-refractivity contribution >= 4 is 38.7 Å². The molecule has 3 aromatic rings. The highest BCUT2D eigenvalue weighted by molar-refractivity contribution is 7.91. The van der Waals surface area contributed by atoms with E-state index in [1.165, 1.54) is 9.80 Å². The number of anilines is 2. The number of rotatable bonds is 7. The number of alkyl halides is 6. The molecule has 5 heterocycles. The molecule has 9 nitrogen and oxygen atoms in total. The van der Waals surface area contributed by atoms with Gasteiger partial charge in [-0.1, -0.05) is 19.1 Å². The first-order valence-corrected chi connectivity index (χ1v) is 17.5. The van der Waals surface area contributed by atoms with Crippen LogP contribution < -0.4 is 5.32 Å². The first kappa shape index (κ1) is 33.6. The molecule has 3 aliphatic heterocycles. The van der Waals surface area contributed by atoms with Gasteiger partial charge in [-0.25, -0.2) is 18.4 Å². The third-order valence-electron chi connectivity index (χ3n) is 8.70. The number of sulfone groups is 1. The highest BCUT2D eigenvalue weighted by atomic mass is 32.2. The minimum absolute atomic E-state index is 0.0445. The molecular formula is C30H31F6N5O4S2. The lowest BCUT2D eigenvalue weighted by Gasteiger charge is -2.36. The summed E-state index contributed by atoms with van der Waals surface area (Å²) in [6.07, 6.45) is -6.84. The number of carbonyl (C=O) groups excluding carboxylic acids is 1. The van der Waals surface area contributed by atoms with Crippen LogP contribution in [0, 0.1) is 0 Å². The highest BCUT2D eigenvalue weighted by Gasteiger charge is 2.41. The number of likely N-dealkylation sites (tertiary alicyclic amines) is 1. The minimum atomic E-state index is -4.88. The Hall–Kier alpha value is -3.28. The molecule has 0 unspecified atom stereocenters.